The molecule has 0 aromatic rings. The molecule has 0 aliphatic carbocycles. The largest absolute Gasteiger partial charge is 0.490 e. The number of carbonyl (C=O) groups is 3. The van der Waals surface area contributed by atoms with Gasteiger partial charge in [-0.2, -0.15) is 13.2 Å². The molecule has 106 valence electrons. The first-order valence-electron chi connectivity index (χ1n) is 4.48. The average molecular weight is 274 g/mol. The van der Waals surface area contributed by atoms with Gasteiger partial charge in [0, 0.05) is 0 Å². The number of hydrogen-bond donors (Lipinski definition) is 4. The first-order chi connectivity index (χ1) is 7.89. The second-order valence-electron chi connectivity index (χ2n) is 3.16. The lowest BCUT2D eigenvalue weighted by atomic mass is 10.3. The van der Waals surface area contributed by atoms with Gasteiger partial charge in [-0.05, 0) is 13.8 Å². The number of nitrogens with two attached hydrogens (primary N) is 1. The van der Waals surface area contributed by atoms with E-state index < -0.39 is 36.1 Å². The molecule has 0 aliphatic rings. The van der Waals surface area contributed by atoms with E-state index in [2.05, 4.69) is 5.32 Å². The van der Waals surface area contributed by atoms with Crippen LogP contribution in [-0.4, -0.2) is 46.3 Å². The molecule has 0 spiro atoms. The van der Waals surface area contributed by atoms with E-state index in [1.165, 1.54) is 13.8 Å². The summed E-state index contributed by atoms with van der Waals surface area (Å²) < 4.78 is 31.7. The van der Waals surface area contributed by atoms with Crippen molar-refractivity contribution in [1.29, 1.82) is 0 Å². The van der Waals surface area contributed by atoms with Gasteiger partial charge in [0.25, 0.3) is 0 Å². The minimum absolute atomic E-state index is 0.458. The number of aliphatic carboxylic acids is 2. The van der Waals surface area contributed by atoms with Crippen molar-refractivity contribution in [2.24, 2.45) is 5.73 Å². The van der Waals surface area contributed by atoms with E-state index in [-0.39, 0.29) is 0 Å². The predicted molar refractivity (Wildman–Crippen MR) is 52.6 cm³/mol. The number of hydrogen-bond acceptors (Lipinski definition) is 4. The Balaban J connectivity index is 0. The molecule has 18 heavy (non-hydrogen) atoms. The summed E-state index contributed by atoms with van der Waals surface area (Å²) in [6.07, 6.45) is -5.08. The van der Waals surface area contributed by atoms with Crippen LogP contribution >= 0.6 is 0 Å². The van der Waals surface area contributed by atoms with Crippen LogP contribution in [0, 0.1) is 0 Å². The Labute approximate surface area is 99.8 Å². The van der Waals surface area contributed by atoms with Gasteiger partial charge in [-0.3, -0.25) is 9.59 Å². The van der Waals surface area contributed by atoms with Crippen molar-refractivity contribution >= 4 is 17.8 Å². The summed E-state index contributed by atoms with van der Waals surface area (Å²) in [5.74, 6) is -4.29. The Morgan fingerprint density at radius 2 is 1.50 bits per heavy atom. The Morgan fingerprint density at radius 3 is 1.67 bits per heavy atom. The number of nitrogens with one attached hydrogen (secondary N) is 1. The summed E-state index contributed by atoms with van der Waals surface area (Å²) >= 11 is 0. The van der Waals surface area contributed by atoms with Crippen molar-refractivity contribution < 1.29 is 37.8 Å². The Hall–Kier alpha value is -1.84. The lowest BCUT2D eigenvalue weighted by Crippen LogP contribution is -2.45. The van der Waals surface area contributed by atoms with Crippen molar-refractivity contribution in [2.45, 2.75) is 32.1 Å². The highest BCUT2D eigenvalue weighted by Crippen LogP contribution is 2.13. The fourth-order valence-electron chi connectivity index (χ4n) is 0.407. The Bertz CT molecular complexity index is 316. The van der Waals surface area contributed by atoms with Crippen LogP contribution in [0.1, 0.15) is 13.8 Å². The zero-order chi connectivity index (χ0) is 15.1. The average Bonchev–Trinajstić information content (AvgIpc) is 2.16. The third-order valence-electron chi connectivity index (χ3n) is 1.39. The first kappa shape index (κ1) is 18.5. The molecule has 0 bridgehead atoms. The molecular weight excluding hydrogens is 261 g/mol. The summed E-state index contributed by atoms with van der Waals surface area (Å²) in [5.41, 5.74) is 5.18. The molecule has 0 aliphatic heterocycles. The lowest BCUT2D eigenvalue weighted by Gasteiger charge is -2.10. The molecule has 0 heterocycles. The summed E-state index contributed by atoms with van der Waals surface area (Å²) in [6, 6.07) is -1.55. The minimum atomic E-state index is -5.08. The van der Waals surface area contributed by atoms with Crippen molar-refractivity contribution in [3.8, 4) is 0 Å². The van der Waals surface area contributed by atoms with Gasteiger partial charge in [-0.25, -0.2) is 4.79 Å². The molecule has 0 saturated heterocycles. The van der Waals surface area contributed by atoms with Crippen molar-refractivity contribution in [3.63, 3.8) is 0 Å². The number of alkyl halides is 3. The van der Waals surface area contributed by atoms with E-state index in [1.54, 1.807) is 0 Å². The highest BCUT2D eigenvalue weighted by atomic mass is 19.4. The van der Waals surface area contributed by atoms with E-state index in [0.29, 0.717) is 0 Å². The van der Waals surface area contributed by atoms with Crippen LogP contribution in [0.25, 0.3) is 0 Å². The van der Waals surface area contributed by atoms with Gasteiger partial charge in [0.2, 0.25) is 5.91 Å². The number of carbonyl (C=O) groups excluding carboxylic acids is 1. The molecule has 0 aromatic heterocycles. The second-order valence-corrected chi connectivity index (χ2v) is 3.16. The second kappa shape index (κ2) is 7.48. The third kappa shape index (κ3) is 9.39. The van der Waals surface area contributed by atoms with Crippen LogP contribution in [0.3, 0.4) is 0 Å². The maximum atomic E-state index is 10.8. The van der Waals surface area contributed by atoms with E-state index >= 15 is 0 Å². The molecule has 5 N–H and O–H groups in total. The summed E-state index contributed by atoms with van der Waals surface area (Å²) in [4.78, 5) is 29.9. The number of carboxylic acids is 2. The first-order valence-corrected chi connectivity index (χ1v) is 4.48. The number of rotatable bonds is 3. The van der Waals surface area contributed by atoms with Crippen LogP contribution in [0.5, 0.6) is 0 Å². The van der Waals surface area contributed by atoms with Crippen LogP contribution in [0.15, 0.2) is 0 Å². The van der Waals surface area contributed by atoms with Gasteiger partial charge >= 0.3 is 18.1 Å². The van der Waals surface area contributed by atoms with Gasteiger partial charge in [0.15, 0.2) is 0 Å². The van der Waals surface area contributed by atoms with Crippen molar-refractivity contribution in [2.75, 3.05) is 0 Å². The molecular formula is C8H13F3N2O5. The molecule has 1 amide bonds. The highest BCUT2D eigenvalue weighted by Gasteiger charge is 2.38. The molecule has 2 atom stereocenters. The van der Waals surface area contributed by atoms with Crippen LogP contribution in [-0.2, 0) is 14.4 Å². The molecule has 0 radical (unpaired) electrons. The Morgan fingerprint density at radius 1 is 1.17 bits per heavy atom. The molecule has 10 heteroatoms. The summed E-state index contributed by atoms with van der Waals surface area (Å²) in [5, 5.41) is 17.7. The molecule has 0 saturated carbocycles. The minimum Gasteiger partial charge on any atom is -0.480 e. The van der Waals surface area contributed by atoms with Crippen LogP contribution < -0.4 is 11.1 Å². The standard InChI is InChI=1S/C6H12N2O3.C2HF3O2/c1-3(7)5(9)8-4(2)6(10)11;3-2(4,5)1(6)7/h3-4H,7H2,1-2H3,(H,8,9)(H,10,11);(H,6,7)/t3-,4+;/m1./s1. The lowest BCUT2D eigenvalue weighted by molar-refractivity contribution is -0.192. The van der Waals surface area contributed by atoms with E-state index in [1.807, 2.05) is 0 Å². The fourth-order valence-corrected chi connectivity index (χ4v) is 0.407. The molecule has 0 aromatic carbocycles. The van der Waals surface area contributed by atoms with Gasteiger partial charge in [0.05, 0.1) is 6.04 Å². The monoisotopic (exact) mass is 274 g/mol. The molecule has 0 unspecified atom stereocenters. The number of carboxylic acid groups (broad SMARTS) is 2. The quantitative estimate of drug-likeness (QED) is 0.552. The van der Waals surface area contributed by atoms with Gasteiger partial charge < -0.3 is 21.3 Å². The zero-order valence-electron chi connectivity index (χ0n) is 9.49. The van der Waals surface area contributed by atoms with E-state index in [0.717, 1.165) is 0 Å². The van der Waals surface area contributed by atoms with Crippen LogP contribution in [0.2, 0.25) is 0 Å². The van der Waals surface area contributed by atoms with Gasteiger partial charge in [-0.15, -0.1) is 0 Å². The summed E-state index contributed by atoms with van der Waals surface area (Å²) in [6.45, 7) is 2.87. The Kier molecular flexibility index (Phi) is 7.70. The van der Waals surface area contributed by atoms with Crippen LogP contribution in [0.4, 0.5) is 13.2 Å². The zero-order valence-corrected chi connectivity index (χ0v) is 9.49. The summed E-state index contributed by atoms with van der Waals surface area (Å²) in [7, 11) is 0. The maximum absolute atomic E-state index is 10.8. The molecule has 0 rings (SSSR count). The van der Waals surface area contributed by atoms with Gasteiger partial charge in [-0.1, -0.05) is 0 Å². The molecule has 0 fully saturated rings. The third-order valence-corrected chi connectivity index (χ3v) is 1.39. The van der Waals surface area contributed by atoms with Crippen molar-refractivity contribution in [3.05, 3.63) is 0 Å². The predicted octanol–water partition coefficient (Wildman–Crippen LogP) is -0.444. The van der Waals surface area contributed by atoms with Crippen molar-refractivity contribution in [1.82, 2.24) is 5.32 Å². The van der Waals surface area contributed by atoms with E-state index in [9.17, 15) is 22.8 Å². The smallest absolute Gasteiger partial charge is 0.480 e. The van der Waals surface area contributed by atoms with E-state index in [4.69, 9.17) is 20.7 Å². The molecule has 7 nitrogen and oxygen atoms in total. The number of halogens is 3. The maximum Gasteiger partial charge on any atom is 0.490 e. The van der Waals surface area contributed by atoms with Gasteiger partial charge in [0.1, 0.15) is 6.04 Å². The topological polar surface area (TPSA) is 130 Å². The highest BCUT2D eigenvalue weighted by molar-refractivity contribution is 5.86. The fraction of sp³-hybridized carbons (Fsp3) is 0.625. The normalized spacial score (nSPS) is 13.7. The number of amides is 1. The SMILES string of the molecule is C[C@H](NC(=O)[C@@H](C)N)C(=O)O.O=C(O)C(F)(F)F.